The zero-order valence-electron chi connectivity index (χ0n) is 12.2. The van der Waals surface area contributed by atoms with E-state index in [1.165, 1.54) is 5.56 Å². The van der Waals surface area contributed by atoms with Crippen LogP contribution in [0.15, 0.2) is 18.2 Å². The van der Waals surface area contributed by atoms with Crippen LogP contribution in [-0.2, 0) is 5.41 Å². The Kier molecular flexibility index (Phi) is 3.37. The number of nitrogens with one attached hydrogen (secondary N) is 1. The molecule has 0 saturated carbocycles. The molecule has 19 heavy (non-hydrogen) atoms. The number of hydrazine groups is 1. The Morgan fingerprint density at radius 2 is 1.95 bits per heavy atom. The Morgan fingerprint density at radius 3 is 2.47 bits per heavy atom. The first kappa shape index (κ1) is 13.6. The van der Waals surface area contributed by atoms with Crippen molar-refractivity contribution in [2.75, 3.05) is 12.5 Å². The van der Waals surface area contributed by atoms with E-state index in [4.69, 9.17) is 10.6 Å². The van der Waals surface area contributed by atoms with E-state index in [1.807, 2.05) is 12.1 Å². The highest BCUT2D eigenvalue weighted by atomic mass is 16.5. The van der Waals surface area contributed by atoms with Gasteiger partial charge in [-0.1, -0.05) is 26.8 Å². The number of methoxy groups -OCH3 is 1. The molecule has 0 spiro atoms. The molecule has 0 aliphatic rings. The maximum Gasteiger partial charge on any atom is 0.145 e. The van der Waals surface area contributed by atoms with Crippen LogP contribution in [0, 0.1) is 6.92 Å². The topological polar surface area (TPSA) is 60.2 Å². The van der Waals surface area contributed by atoms with Crippen molar-refractivity contribution >= 4 is 16.7 Å². The molecule has 0 aliphatic carbocycles. The SMILES string of the molecule is COc1ccc(C)c2cc(C(C)(C)C)c(NN)nc12. The maximum atomic E-state index is 5.61. The van der Waals surface area contributed by atoms with Gasteiger partial charge in [0.05, 0.1) is 7.11 Å². The van der Waals surface area contributed by atoms with Crippen LogP contribution in [0.5, 0.6) is 5.75 Å². The van der Waals surface area contributed by atoms with Gasteiger partial charge in [-0.25, -0.2) is 10.8 Å². The normalized spacial score (nSPS) is 11.7. The van der Waals surface area contributed by atoms with Gasteiger partial charge in [-0.05, 0) is 30.0 Å². The summed E-state index contributed by atoms with van der Waals surface area (Å²) in [6, 6.07) is 6.13. The Bertz CT molecular complexity index is 615. The molecule has 0 atom stereocenters. The van der Waals surface area contributed by atoms with Gasteiger partial charge in [0.2, 0.25) is 0 Å². The molecule has 1 heterocycles. The first-order valence-corrected chi connectivity index (χ1v) is 6.34. The number of pyridine rings is 1. The second-order valence-corrected chi connectivity index (χ2v) is 5.76. The summed E-state index contributed by atoms with van der Waals surface area (Å²) in [5.74, 6) is 7.07. The lowest BCUT2D eigenvalue weighted by Crippen LogP contribution is -2.19. The third-order valence-electron chi connectivity index (χ3n) is 3.33. The number of fused-ring (bicyclic) bond motifs is 1. The van der Waals surface area contributed by atoms with E-state index < -0.39 is 0 Å². The molecule has 0 bridgehead atoms. The predicted molar refractivity (Wildman–Crippen MR) is 79.5 cm³/mol. The van der Waals surface area contributed by atoms with Gasteiger partial charge < -0.3 is 10.2 Å². The van der Waals surface area contributed by atoms with Crippen molar-refractivity contribution in [3.8, 4) is 5.75 Å². The number of nitrogens with two attached hydrogens (primary N) is 1. The fraction of sp³-hybridized carbons (Fsp3) is 0.400. The van der Waals surface area contributed by atoms with E-state index in [0.717, 1.165) is 22.2 Å². The molecule has 3 N–H and O–H groups in total. The maximum absolute atomic E-state index is 5.61. The molecule has 4 nitrogen and oxygen atoms in total. The number of aryl methyl sites for hydroxylation is 1. The van der Waals surface area contributed by atoms with Crippen LogP contribution in [-0.4, -0.2) is 12.1 Å². The van der Waals surface area contributed by atoms with Crippen molar-refractivity contribution in [1.29, 1.82) is 0 Å². The number of nitrogens with zero attached hydrogens (tertiary/aromatic N) is 1. The number of anilines is 1. The number of ether oxygens (including phenoxy) is 1. The lowest BCUT2D eigenvalue weighted by atomic mass is 9.86. The standard InChI is InChI=1S/C15H21N3O/c1-9-6-7-12(19-5)13-10(9)8-11(15(2,3)4)14(17-13)18-16/h6-8H,16H2,1-5H3,(H,17,18). The van der Waals surface area contributed by atoms with Gasteiger partial charge in [-0.15, -0.1) is 0 Å². The molecule has 0 amide bonds. The van der Waals surface area contributed by atoms with Crippen LogP contribution in [0.1, 0.15) is 31.9 Å². The second-order valence-electron chi connectivity index (χ2n) is 5.76. The fourth-order valence-corrected chi connectivity index (χ4v) is 2.22. The van der Waals surface area contributed by atoms with E-state index in [1.54, 1.807) is 7.11 Å². The smallest absolute Gasteiger partial charge is 0.145 e. The third-order valence-corrected chi connectivity index (χ3v) is 3.33. The average Bonchev–Trinajstić information content (AvgIpc) is 2.37. The third kappa shape index (κ3) is 2.36. The number of benzene rings is 1. The summed E-state index contributed by atoms with van der Waals surface area (Å²) >= 11 is 0. The average molecular weight is 259 g/mol. The molecule has 4 heteroatoms. The highest BCUT2D eigenvalue weighted by molar-refractivity contribution is 5.90. The van der Waals surface area contributed by atoms with Gasteiger partial charge in [-0.2, -0.15) is 0 Å². The first-order chi connectivity index (χ1) is 8.88. The highest BCUT2D eigenvalue weighted by Crippen LogP contribution is 2.35. The van der Waals surface area contributed by atoms with E-state index in [0.29, 0.717) is 5.82 Å². The van der Waals surface area contributed by atoms with Crippen molar-refractivity contribution in [1.82, 2.24) is 4.98 Å². The number of hydrogen-bond acceptors (Lipinski definition) is 4. The fourth-order valence-electron chi connectivity index (χ4n) is 2.22. The molecule has 0 unspecified atom stereocenters. The van der Waals surface area contributed by atoms with E-state index >= 15 is 0 Å². The van der Waals surface area contributed by atoms with E-state index in [9.17, 15) is 0 Å². The van der Waals surface area contributed by atoms with Crippen molar-refractivity contribution in [3.05, 3.63) is 29.3 Å². The minimum Gasteiger partial charge on any atom is -0.494 e. The van der Waals surface area contributed by atoms with Crippen LogP contribution in [0.3, 0.4) is 0 Å². The van der Waals surface area contributed by atoms with Crippen LogP contribution in [0.25, 0.3) is 10.9 Å². The molecule has 102 valence electrons. The Labute approximate surface area is 113 Å². The van der Waals surface area contributed by atoms with Crippen molar-refractivity contribution in [2.45, 2.75) is 33.1 Å². The molecule has 0 aliphatic heterocycles. The molecule has 2 aromatic rings. The minimum atomic E-state index is -0.0294. The van der Waals surface area contributed by atoms with Crippen molar-refractivity contribution < 1.29 is 4.74 Å². The monoisotopic (exact) mass is 259 g/mol. The summed E-state index contributed by atoms with van der Waals surface area (Å²) in [6.07, 6.45) is 0. The van der Waals surface area contributed by atoms with Gasteiger partial charge in [0, 0.05) is 10.9 Å². The number of nitrogen functional groups attached to an aromatic ring is 1. The van der Waals surface area contributed by atoms with E-state index in [-0.39, 0.29) is 5.41 Å². The number of rotatable bonds is 2. The van der Waals surface area contributed by atoms with Gasteiger partial charge in [-0.3, -0.25) is 0 Å². The number of aromatic nitrogens is 1. The summed E-state index contributed by atoms with van der Waals surface area (Å²) < 4.78 is 5.38. The Balaban J connectivity index is 2.85. The molecule has 0 saturated heterocycles. The van der Waals surface area contributed by atoms with Gasteiger partial charge >= 0.3 is 0 Å². The molecule has 2 rings (SSSR count). The summed E-state index contributed by atoms with van der Waals surface area (Å²) in [7, 11) is 1.65. The highest BCUT2D eigenvalue weighted by Gasteiger charge is 2.21. The van der Waals surface area contributed by atoms with E-state index in [2.05, 4.69) is 44.2 Å². The summed E-state index contributed by atoms with van der Waals surface area (Å²) in [6.45, 7) is 8.51. The summed E-state index contributed by atoms with van der Waals surface area (Å²) in [5, 5.41) is 1.10. The first-order valence-electron chi connectivity index (χ1n) is 6.34. The van der Waals surface area contributed by atoms with Crippen LogP contribution < -0.4 is 16.0 Å². The van der Waals surface area contributed by atoms with Crippen molar-refractivity contribution in [2.24, 2.45) is 5.84 Å². The lowest BCUT2D eigenvalue weighted by molar-refractivity contribution is 0.419. The van der Waals surface area contributed by atoms with Gasteiger partial charge in [0.15, 0.2) is 0 Å². The Morgan fingerprint density at radius 1 is 1.26 bits per heavy atom. The molecule has 0 radical (unpaired) electrons. The predicted octanol–water partition coefficient (Wildman–Crippen LogP) is 3.13. The summed E-state index contributed by atoms with van der Waals surface area (Å²) in [5.41, 5.74) is 5.78. The molecule has 1 aromatic carbocycles. The molecular formula is C15H21N3O. The van der Waals surface area contributed by atoms with Gasteiger partial charge in [0.1, 0.15) is 17.1 Å². The van der Waals surface area contributed by atoms with Gasteiger partial charge in [0.25, 0.3) is 0 Å². The second kappa shape index (κ2) is 4.70. The largest absolute Gasteiger partial charge is 0.494 e. The Hall–Kier alpha value is -1.81. The van der Waals surface area contributed by atoms with Crippen LogP contribution >= 0.6 is 0 Å². The quantitative estimate of drug-likeness (QED) is 0.642. The lowest BCUT2D eigenvalue weighted by Gasteiger charge is -2.23. The number of hydrogen-bond donors (Lipinski definition) is 2. The molecule has 0 fully saturated rings. The zero-order valence-corrected chi connectivity index (χ0v) is 12.2. The summed E-state index contributed by atoms with van der Waals surface area (Å²) in [4.78, 5) is 4.63. The molecular weight excluding hydrogens is 238 g/mol. The molecule has 1 aromatic heterocycles. The van der Waals surface area contributed by atoms with Crippen LogP contribution in [0.4, 0.5) is 5.82 Å². The van der Waals surface area contributed by atoms with Crippen molar-refractivity contribution in [3.63, 3.8) is 0 Å². The minimum absolute atomic E-state index is 0.0294. The zero-order chi connectivity index (χ0) is 14.2. The van der Waals surface area contributed by atoms with Crippen LogP contribution in [0.2, 0.25) is 0 Å².